The molecule has 3 nitrogen and oxygen atoms in total. The first-order chi connectivity index (χ1) is 10.5. The van der Waals surface area contributed by atoms with Gasteiger partial charge in [0.25, 0.3) is 0 Å². The number of rotatable bonds is 9. The molecule has 22 heavy (non-hydrogen) atoms. The summed E-state index contributed by atoms with van der Waals surface area (Å²) in [7, 11) is 0. The normalized spacial score (nSPS) is 16.1. The van der Waals surface area contributed by atoms with Crippen LogP contribution in [0.1, 0.15) is 45.1 Å². The highest BCUT2D eigenvalue weighted by Gasteiger charge is 2.20. The maximum atomic E-state index is 10.2. The number of hydrogen-bond acceptors (Lipinski definition) is 3. The van der Waals surface area contributed by atoms with Crippen LogP contribution < -0.4 is 0 Å². The molecule has 0 bridgehead atoms. The fourth-order valence-corrected chi connectivity index (χ4v) is 2.62. The number of phenolic OH excluding ortho intramolecular Hbond substituents is 1. The minimum absolute atomic E-state index is 0.268. The van der Waals surface area contributed by atoms with Crippen molar-refractivity contribution in [1.29, 1.82) is 0 Å². The number of allylic oxidation sites excluding steroid dienone is 1. The Morgan fingerprint density at radius 1 is 1.23 bits per heavy atom. The third-order valence-corrected chi connectivity index (χ3v) is 3.90. The van der Waals surface area contributed by atoms with E-state index in [1.165, 1.54) is 5.57 Å². The average Bonchev–Trinajstić information content (AvgIpc) is 2.47. The second-order valence-electron chi connectivity index (χ2n) is 5.77. The van der Waals surface area contributed by atoms with Crippen LogP contribution in [0.3, 0.4) is 0 Å². The van der Waals surface area contributed by atoms with E-state index in [-0.39, 0.29) is 11.7 Å². The summed E-state index contributed by atoms with van der Waals surface area (Å²) in [6.07, 6.45) is 5.64. The van der Waals surface area contributed by atoms with Gasteiger partial charge in [0.2, 0.25) is 0 Å². The monoisotopic (exact) mass is 304 g/mol. The molecule has 0 aliphatic rings. The van der Waals surface area contributed by atoms with Gasteiger partial charge in [0.05, 0.1) is 12.2 Å². The number of benzene rings is 1. The number of aliphatic hydroxyl groups excluding tert-OH is 2. The van der Waals surface area contributed by atoms with Crippen LogP contribution >= 0.6 is 0 Å². The predicted octanol–water partition coefficient (Wildman–Crippen LogP) is 3.90. The van der Waals surface area contributed by atoms with Crippen LogP contribution in [0.2, 0.25) is 0 Å². The summed E-state index contributed by atoms with van der Waals surface area (Å²) in [5.41, 5.74) is 1.99. The maximum absolute atomic E-state index is 10.2. The molecule has 0 saturated carbocycles. The Morgan fingerprint density at radius 2 is 1.91 bits per heavy atom. The molecule has 0 aliphatic carbocycles. The Kier molecular flexibility index (Phi) is 7.92. The third-order valence-electron chi connectivity index (χ3n) is 3.90. The van der Waals surface area contributed by atoms with Crippen LogP contribution in [0.5, 0.6) is 5.75 Å². The summed E-state index contributed by atoms with van der Waals surface area (Å²) in [6, 6.07) is 7.24. The molecular formula is C19H28O3. The maximum Gasteiger partial charge on any atom is 0.122 e. The Balaban J connectivity index is 2.77. The zero-order chi connectivity index (χ0) is 16.5. The highest BCUT2D eigenvalue weighted by atomic mass is 16.3. The van der Waals surface area contributed by atoms with Gasteiger partial charge in [0.15, 0.2) is 0 Å². The summed E-state index contributed by atoms with van der Waals surface area (Å²) < 4.78 is 0. The Labute approximate surface area is 133 Å². The molecule has 0 spiro atoms. The second kappa shape index (κ2) is 9.44. The van der Waals surface area contributed by atoms with Crippen LogP contribution in [0.25, 0.3) is 6.08 Å². The van der Waals surface area contributed by atoms with E-state index in [0.29, 0.717) is 6.42 Å². The van der Waals surface area contributed by atoms with Crippen LogP contribution in [0.15, 0.2) is 42.5 Å². The van der Waals surface area contributed by atoms with E-state index >= 15 is 0 Å². The molecule has 3 N–H and O–H groups in total. The lowest BCUT2D eigenvalue weighted by molar-refractivity contribution is 0.0421. The van der Waals surface area contributed by atoms with Crippen LogP contribution in [-0.2, 0) is 0 Å². The van der Waals surface area contributed by atoms with Crippen LogP contribution in [0, 0.1) is 5.92 Å². The molecule has 3 heteroatoms. The van der Waals surface area contributed by atoms with Gasteiger partial charge in [0, 0.05) is 11.5 Å². The predicted molar refractivity (Wildman–Crippen MR) is 91.6 cm³/mol. The molecular weight excluding hydrogens is 276 g/mol. The molecule has 0 radical (unpaired) electrons. The lowest BCUT2D eigenvalue weighted by Crippen LogP contribution is -2.28. The van der Waals surface area contributed by atoms with Crippen molar-refractivity contribution in [3.8, 4) is 5.75 Å². The molecule has 3 atom stereocenters. The summed E-state index contributed by atoms with van der Waals surface area (Å²) in [5.74, 6) is -0.0439. The van der Waals surface area contributed by atoms with E-state index in [0.717, 1.165) is 24.8 Å². The molecule has 0 unspecified atom stereocenters. The number of aliphatic hydroxyl groups is 2. The van der Waals surface area contributed by atoms with Crippen molar-refractivity contribution in [3.63, 3.8) is 0 Å². The standard InChI is InChI=1S/C19H28O3/c1-4-8-15(13-16-9-6-7-10-18(16)21)11-12-19(22)17(5-2)14(3)20/h5-7,9-10,13-14,17,19-22H,2,4,8,11-12H2,1,3H3/b15-13+/t14-,17+,19-/m1/s1. The molecule has 0 heterocycles. The van der Waals surface area contributed by atoms with Crippen molar-refractivity contribution in [2.24, 2.45) is 5.92 Å². The van der Waals surface area contributed by atoms with Crippen molar-refractivity contribution in [3.05, 3.63) is 48.1 Å². The van der Waals surface area contributed by atoms with E-state index in [9.17, 15) is 15.3 Å². The zero-order valence-corrected chi connectivity index (χ0v) is 13.6. The molecule has 0 saturated heterocycles. The fourth-order valence-electron chi connectivity index (χ4n) is 2.62. The molecule has 1 aromatic carbocycles. The van der Waals surface area contributed by atoms with Crippen LogP contribution in [0.4, 0.5) is 0 Å². The third kappa shape index (κ3) is 5.66. The quantitative estimate of drug-likeness (QED) is 0.606. The van der Waals surface area contributed by atoms with Crippen molar-refractivity contribution in [1.82, 2.24) is 0 Å². The molecule has 0 aromatic heterocycles. The van der Waals surface area contributed by atoms with Crippen molar-refractivity contribution in [2.75, 3.05) is 0 Å². The number of phenols is 1. The average molecular weight is 304 g/mol. The van der Waals surface area contributed by atoms with Gasteiger partial charge >= 0.3 is 0 Å². The highest BCUT2D eigenvalue weighted by Crippen LogP contribution is 2.25. The van der Waals surface area contributed by atoms with Gasteiger partial charge in [-0.2, -0.15) is 0 Å². The minimum atomic E-state index is -0.609. The Bertz CT molecular complexity index is 491. The SMILES string of the molecule is C=C[C@H]([C@H](O)CC/C(=C/c1ccccc1O)CCC)[C@@H](C)O. The van der Waals surface area contributed by atoms with Gasteiger partial charge in [-0.1, -0.05) is 49.3 Å². The zero-order valence-electron chi connectivity index (χ0n) is 13.6. The Morgan fingerprint density at radius 3 is 2.45 bits per heavy atom. The smallest absolute Gasteiger partial charge is 0.122 e. The second-order valence-corrected chi connectivity index (χ2v) is 5.77. The van der Waals surface area contributed by atoms with E-state index < -0.39 is 12.2 Å². The fraction of sp³-hybridized carbons (Fsp3) is 0.474. The summed E-state index contributed by atoms with van der Waals surface area (Å²) in [5, 5.41) is 29.7. The Hall–Kier alpha value is -1.58. The first kappa shape index (κ1) is 18.5. The first-order valence-corrected chi connectivity index (χ1v) is 7.95. The topological polar surface area (TPSA) is 60.7 Å². The number of hydrogen-bond donors (Lipinski definition) is 3. The lowest BCUT2D eigenvalue weighted by atomic mass is 9.91. The molecule has 122 valence electrons. The first-order valence-electron chi connectivity index (χ1n) is 7.95. The molecule has 1 rings (SSSR count). The van der Waals surface area contributed by atoms with Crippen molar-refractivity contribution < 1.29 is 15.3 Å². The van der Waals surface area contributed by atoms with Gasteiger partial charge in [-0.15, -0.1) is 6.58 Å². The van der Waals surface area contributed by atoms with E-state index in [2.05, 4.69) is 13.5 Å². The summed E-state index contributed by atoms with van der Waals surface area (Å²) in [4.78, 5) is 0. The largest absolute Gasteiger partial charge is 0.507 e. The summed E-state index contributed by atoms with van der Waals surface area (Å²) >= 11 is 0. The molecule has 0 fully saturated rings. The van der Waals surface area contributed by atoms with Gasteiger partial charge in [-0.3, -0.25) is 0 Å². The number of aromatic hydroxyl groups is 1. The van der Waals surface area contributed by atoms with Crippen molar-refractivity contribution in [2.45, 2.75) is 51.7 Å². The van der Waals surface area contributed by atoms with E-state index in [1.54, 1.807) is 25.1 Å². The number of para-hydroxylation sites is 1. The lowest BCUT2D eigenvalue weighted by Gasteiger charge is -2.22. The van der Waals surface area contributed by atoms with Gasteiger partial charge < -0.3 is 15.3 Å². The van der Waals surface area contributed by atoms with Gasteiger partial charge in [0.1, 0.15) is 5.75 Å². The van der Waals surface area contributed by atoms with Crippen LogP contribution in [-0.4, -0.2) is 27.5 Å². The molecule has 0 amide bonds. The van der Waals surface area contributed by atoms with Gasteiger partial charge in [-0.25, -0.2) is 0 Å². The minimum Gasteiger partial charge on any atom is -0.507 e. The summed E-state index contributed by atoms with van der Waals surface area (Å²) in [6.45, 7) is 7.45. The molecule has 1 aromatic rings. The van der Waals surface area contributed by atoms with E-state index in [1.807, 2.05) is 18.2 Å². The van der Waals surface area contributed by atoms with Crippen molar-refractivity contribution >= 4 is 6.08 Å². The highest BCUT2D eigenvalue weighted by molar-refractivity contribution is 5.59. The van der Waals surface area contributed by atoms with Gasteiger partial charge in [-0.05, 0) is 32.3 Å². The van der Waals surface area contributed by atoms with E-state index in [4.69, 9.17) is 0 Å². The molecule has 0 aliphatic heterocycles.